The quantitative estimate of drug-likeness (QED) is 0.778. The lowest BCUT2D eigenvalue weighted by Crippen LogP contribution is -2.27. The van der Waals surface area contributed by atoms with Gasteiger partial charge in [0.25, 0.3) is 5.56 Å². The minimum absolute atomic E-state index is 0.119. The van der Waals surface area contributed by atoms with Gasteiger partial charge in [-0.1, -0.05) is 30.3 Å². The SMILES string of the molecule is Cc1cc(=O)n(CC(=O)Nc2ccccc2Oc2ccccc2)cn1. The third-order valence-electron chi connectivity index (χ3n) is 3.46. The molecule has 126 valence electrons. The average Bonchev–Trinajstić information content (AvgIpc) is 2.60. The van der Waals surface area contributed by atoms with Crippen molar-refractivity contribution in [3.8, 4) is 11.5 Å². The third-order valence-corrected chi connectivity index (χ3v) is 3.46. The van der Waals surface area contributed by atoms with E-state index in [0.717, 1.165) is 0 Å². The summed E-state index contributed by atoms with van der Waals surface area (Å²) in [6.07, 6.45) is 1.36. The normalized spacial score (nSPS) is 10.3. The summed E-state index contributed by atoms with van der Waals surface area (Å²) in [6.45, 7) is 1.61. The molecule has 0 aliphatic rings. The molecular weight excluding hydrogens is 318 g/mol. The summed E-state index contributed by atoms with van der Waals surface area (Å²) < 4.78 is 7.06. The highest BCUT2D eigenvalue weighted by molar-refractivity contribution is 5.92. The first-order chi connectivity index (χ1) is 12.1. The van der Waals surface area contributed by atoms with Gasteiger partial charge in [0.05, 0.1) is 12.0 Å². The minimum atomic E-state index is -0.336. The molecule has 0 atom stereocenters. The first kappa shape index (κ1) is 16.4. The molecule has 1 heterocycles. The van der Waals surface area contributed by atoms with E-state index in [9.17, 15) is 9.59 Å². The van der Waals surface area contributed by atoms with E-state index in [1.54, 1.807) is 25.1 Å². The number of carbonyl (C=O) groups is 1. The van der Waals surface area contributed by atoms with Crippen LogP contribution in [0.15, 0.2) is 71.8 Å². The number of hydrogen-bond donors (Lipinski definition) is 1. The van der Waals surface area contributed by atoms with Crippen LogP contribution in [0.2, 0.25) is 0 Å². The van der Waals surface area contributed by atoms with Crippen LogP contribution < -0.4 is 15.6 Å². The average molecular weight is 335 g/mol. The van der Waals surface area contributed by atoms with Gasteiger partial charge >= 0.3 is 0 Å². The van der Waals surface area contributed by atoms with Gasteiger partial charge in [-0.15, -0.1) is 0 Å². The molecule has 0 saturated carbocycles. The third kappa shape index (κ3) is 4.32. The summed E-state index contributed by atoms with van der Waals surface area (Å²) >= 11 is 0. The largest absolute Gasteiger partial charge is 0.455 e. The summed E-state index contributed by atoms with van der Waals surface area (Å²) in [5.74, 6) is 0.858. The Morgan fingerprint density at radius 2 is 1.84 bits per heavy atom. The molecule has 3 rings (SSSR count). The van der Waals surface area contributed by atoms with E-state index >= 15 is 0 Å². The first-order valence-electron chi connectivity index (χ1n) is 7.77. The van der Waals surface area contributed by atoms with E-state index in [1.165, 1.54) is 17.0 Å². The number of nitrogens with one attached hydrogen (secondary N) is 1. The number of aryl methyl sites for hydroxylation is 1. The summed E-state index contributed by atoms with van der Waals surface area (Å²) in [6, 6.07) is 17.8. The highest BCUT2D eigenvalue weighted by Crippen LogP contribution is 2.28. The Bertz CT molecular complexity index is 936. The maximum absolute atomic E-state index is 12.3. The topological polar surface area (TPSA) is 73.2 Å². The number of hydrogen-bond acceptors (Lipinski definition) is 4. The zero-order valence-corrected chi connectivity index (χ0v) is 13.7. The van der Waals surface area contributed by atoms with Crippen molar-refractivity contribution >= 4 is 11.6 Å². The first-order valence-corrected chi connectivity index (χ1v) is 7.77. The molecule has 6 heteroatoms. The maximum atomic E-state index is 12.3. The Hall–Kier alpha value is -3.41. The molecule has 0 unspecified atom stereocenters. The van der Waals surface area contributed by atoms with Crippen LogP contribution >= 0.6 is 0 Å². The van der Waals surface area contributed by atoms with Crippen LogP contribution in [0, 0.1) is 6.92 Å². The number of carbonyl (C=O) groups excluding carboxylic acids is 1. The molecular formula is C19H17N3O3. The van der Waals surface area contributed by atoms with Crippen LogP contribution in [0.25, 0.3) is 0 Å². The molecule has 0 radical (unpaired) electrons. The van der Waals surface area contributed by atoms with Gasteiger partial charge < -0.3 is 10.1 Å². The van der Waals surface area contributed by atoms with Crippen molar-refractivity contribution < 1.29 is 9.53 Å². The molecule has 0 fully saturated rings. The number of amides is 1. The Balaban J connectivity index is 1.74. The van der Waals surface area contributed by atoms with Crippen LogP contribution in [-0.4, -0.2) is 15.5 Å². The lowest BCUT2D eigenvalue weighted by Gasteiger charge is -2.12. The summed E-state index contributed by atoms with van der Waals surface area (Å²) in [7, 11) is 0. The predicted molar refractivity (Wildman–Crippen MR) is 94.8 cm³/mol. The van der Waals surface area contributed by atoms with Gasteiger partial charge in [0, 0.05) is 11.8 Å². The van der Waals surface area contributed by atoms with Gasteiger partial charge in [0.2, 0.25) is 5.91 Å². The molecule has 1 N–H and O–H groups in total. The number of nitrogens with zero attached hydrogens (tertiary/aromatic N) is 2. The van der Waals surface area contributed by atoms with Gasteiger partial charge in [-0.25, -0.2) is 4.98 Å². The van der Waals surface area contributed by atoms with Crippen LogP contribution in [-0.2, 0) is 11.3 Å². The van der Waals surface area contributed by atoms with Crippen LogP contribution in [0.4, 0.5) is 5.69 Å². The second-order valence-corrected chi connectivity index (χ2v) is 5.46. The van der Waals surface area contributed by atoms with Crippen molar-refractivity contribution in [2.24, 2.45) is 0 Å². The van der Waals surface area contributed by atoms with Gasteiger partial charge in [0.15, 0.2) is 5.75 Å². The Morgan fingerprint density at radius 3 is 2.60 bits per heavy atom. The second kappa shape index (κ2) is 7.44. The Labute approximate surface area is 144 Å². The zero-order valence-electron chi connectivity index (χ0n) is 13.7. The van der Waals surface area contributed by atoms with Crippen molar-refractivity contribution in [1.29, 1.82) is 0 Å². The lowest BCUT2D eigenvalue weighted by atomic mass is 10.3. The molecule has 0 bridgehead atoms. The highest BCUT2D eigenvalue weighted by atomic mass is 16.5. The maximum Gasteiger partial charge on any atom is 0.253 e. The molecule has 1 amide bonds. The molecule has 2 aromatic carbocycles. The van der Waals surface area contributed by atoms with E-state index in [2.05, 4.69) is 10.3 Å². The monoisotopic (exact) mass is 335 g/mol. The highest BCUT2D eigenvalue weighted by Gasteiger charge is 2.10. The molecule has 6 nitrogen and oxygen atoms in total. The fourth-order valence-electron chi connectivity index (χ4n) is 2.25. The van der Waals surface area contributed by atoms with E-state index in [1.807, 2.05) is 36.4 Å². The van der Waals surface area contributed by atoms with Crippen LogP contribution in [0.5, 0.6) is 11.5 Å². The minimum Gasteiger partial charge on any atom is -0.455 e. The standard InChI is InChI=1S/C19H17N3O3/c1-14-11-19(24)22(13-20-14)12-18(23)21-16-9-5-6-10-17(16)25-15-7-3-2-4-8-15/h2-11,13H,12H2,1H3,(H,21,23). The predicted octanol–water partition coefficient (Wildman–Crippen LogP) is 2.98. The van der Waals surface area contributed by atoms with Crippen molar-refractivity contribution in [3.63, 3.8) is 0 Å². The molecule has 0 saturated heterocycles. The summed E-state index contributed by atoms with van der Waals surface area (Å²) in [5, 5.41) is 2.77. The fourth-order valence-corrected chi connectivity index (χ4v) is 2.25. The Morgan fingerprint density at radius 1 is 1.12 bits per heavy atom. The van der Waals surface area contributed by atoms with Crippen molar-refractivity contribution in [2.45, 2.75) is 13.5 Å². The van der Waals surface area contributed by atoms with Gasteiger partial charge in [-0.3, -0.25) is 14.2 Å². The van der Waals surface area contributed by atoms with Crippen LogP contribution in [0.3, 0.4) is 0 Å². The number of aromatic nitrogens is 2. The van der Waals surface area contributed by atoms with Gasteiger partial charge in [0.1, 0.15) is 12.3 Å². The lowest BCUT2D eigenvalue weighted by molar-refractivity contribution is -0.116. The van der Waals surface area contributed by atoms with Gasteiger partial charge in [-0.2, -0.15) is 0 Å². The van der Waals surface area contributed by atoms with E-state index in [0.29, 0.717) is 22.9 Å². The summed E-state index contributed by atoms with van der Waals surface area (Å²) in [4.78, 5) is 28.2. The Kier molecular flexibility index (Phi) is 4.89. The number of ether oxygens (including phenoxy) is 1. The van der Waals surface area contributed by atoms with Crippen molar-refractivity contribution in [1.82, 2.24) is 9.55 Å². The van der Waals surface area contributed by atoms with E-state index < -0.39 is 0 Å². The van der Waals surface area contributed by atoms with Gasteiger partial charge in [-0.05, 0) is 31.2 Å². The smallest absolute Gasteiger partial charge is 0.253 e. The molecule has 0 aliphatic heterocycles. The molecule has 1 aromatic heterocycles. The van der Waals surface area contributed by atoms with Crippen molar-refractivity contribution in [2.75, 3.05) is 5.32 Å². The fraction of sp³-hybridized carbons (Fsp3) is 0.105. The number of anilines is 1. The number of para-hydroxylation sites is 3. The van der Waals surface area contributed by atoms with Crippen molar-refractivity contribution in [3.05, 3.63) is 83.0 Å². The van der Waals surface area contributed by atoms with E-state index in [4.69, 9.17) is 4.74 Å². The molecule has 0 aliphatic carbocycles. The molecule has 25 heavy (non-hydrogen) atoms. The second-order valence-electron chi connectivity index (χ2n) is 5.46. The van der Waals surface area contributed by atoms with E-state index in [-0.39, 0.29) is 18.0 Å². The van der Waals surface area contributed by atoms with Crippen LogP contribution in [0.1, 0.15) is 5.69 Å². The molecule has 3 aromatic rings. The summed E-state index contributed by atoms with van der Waals surface area (Å²) in [5.41, 5.74) is 0.879. The molecule has 0 spiro atoms. The zero-order chi connectivity index (χ0) is 17.6. The number of rotatable bonds is 5. The number of benzene rings is 2.